The molecule has 2 aromatic carbocycles. The quantitative estimate of drug-likeness (QED) is 0.564. The van der Waals surface area contributed by atoms with Crippen molar-refractivity contribution in [3.8, 4) is 0 Å². The molecule has 1 amide bonds. The zero-order valence-electron chi connectivity index (χ0n) is 13.8. The first-order valence-electron chi connectivity index (χ1n) is 7.62. The average molecular weight is 340 g/mol. The van der Waals surface area contributed by atoms with Gasteiger partial charge in [-0.25, -0.2) is 5.43 Å². The largest absolute Gasteiger partial charge is 0.347 e. The maximum absolute atomic E-state index is 12.2. The van der Waals surface area contributed by atoms with Crippen molar-refractivity contribution in [3.63, 3.8) is 0 Å². The standard InChI is InChI=1S/C19H18ClN3O/c1-12-8-9-15(17(20)10-12)19(24)22-21-11-16-13(2)23(3)18-7-5-4-6-14(16)18/h4-11H,1-3H3,(H,22,24). The molecular weight excluding hydrogens is 322 g/mol. The number of benzene rings is 2. The van der Waals surface area contributed by atoms with E-state index in [0.717, 1.165) is 27.7 Å². The van der Waals surface area contributed by atoms with Gasteiger partial charge in [-0.3, -0.25) is 4.79 Å². The maximum atomic E-state index is 12.2. The summed E-state index contributed by atoms with van der Waals surface area (Å²) in [6, 6.07) is 13.4. The molecule has 5 heteroatoms. The van der Waals surface area contributed by atoms with Crippen LogP contribution >= 0.6 is 11.6 Å². The minimum Gasteiger partial charge on any atom is -0.347 e. The third-order valence-corrected chi connectivity index (χ3v) is 4.49. The second-order valence-corrected chi connectivity index (χ2v) is 6.16. The Hall–Kier alpha value is -2.59. The Kier molecular flexibility index (Phi) is 4.40. The molecule has 1 N–H and O–H groups in total. The molecule has 0 aliphatic carbocycles. The topological polar surface area (TPSA) is 46.4 Å². The minimum atomic E-state index is -0.325. The monoisotopic (exact) mass is 339 g/mol. The van der Waals surface area contributed by atoms with E-state index in [1.54, 1.807) is 18.3 Å². The first-order valence-corrected chi connectivity index (χ1v) is 8.00. The highest BCUT2D eigenvalue weighted by molar-refractivity contribution is 6.33. The van der Waals surface area contributed by atoms with Crippen LogP contribution in [0.3, 0.4) is 0 Å². The lowest BCUT2D eigenvalue weighted by molar-refractivity contribution is 0.0955. The van der Waals surface area contributed by atoms with Crippen LogP contribution in [0.15, 0.2) is 47.6 Å². The summed E-state index contributed by atoms with van der Waals surface area (Å²) in [7, 11) is 2.01. The van der Waals surface area contributed by atoms with Crippen LogP contribution in [0, 0.1) is 13.8 Å². The number of aryl methyl sites for hydroxylation is 2. The molecule has 0 radical (unpaired) electrons. The van der Waals surface area contributed by atoms with E-state index in [9.17, 15) is 4.79 Å². The summed E-state index contributed by atoms with van der Waals surface area (Å²) in [4.78, 5) is 12.2. The number of nitrogens with one attached hydrogen (secondary N) is 1. The zero-order chi connectivity index (χ0) is 17.3. The first kappa shape index (κ1) is 16.3. The van der Waals surface area contributed by atoms with Crippen LogP contribution in [0.2, 0.25) is 5.02 Å². The van der Waals surface area contributed by atoms with Gasteiger partial charge in [0, 0.05) is 29.2 Å². The van der Waals surface area contributed by atoms with Crippen molar-refractivity contribution in [2.75, 3.05) is 0 Å². The summed E-state index contributed by atoms with van der Waals surface area (Å²) < 4.78 is 2.11. The highest BCUT2D eigenvalue weighted by atomic mass is 35.5. The van der Waals surface area contributed by atoms with Gasteiger partial charge in [0.1, 0.15) is 0 Å². The second kappa shape index (κ2) is 6.49. The summed E-state index contributed by atoms with van der Waals surface area (Å²) in [6.07, 6.45) is 1.68. The SMILES string of the molecule is Cc1ccc(C(=O)NN=Cc2c(C)n(C)c3ccccc23)c(Cl)c1. The van der Waals surface area contributed by atoms with E-state index in [-0.39, 0.29) is 5.91 Å². The summed E-state index contributed by atoms with van der Waals surface area (Å²) in [5, 5.41) is 5.63. The van der Waals surface area contributed by atoms with Crippen LogP contribution in [-0.2, 0) is 7.05 Å². The normalized spacial score (nSPS) is 11.3. The number of rotatable bonds is 3. The van der Waals surface area contributed by atoms with E-state index < -0.39 is 0 Å². The Morgan fingerprint density at radius 1 is 1.21 bits per heavy atom. The van der Waals surface area contributed by atoms with Gasteiger partial charge in [0.15, 0.2) is 0 Å². The fourth-order valence-electron chi connectivity index (χ4n) is 2.73. The number of carbonyl (C=O) groups is 1. The molecule has 0 unspecified atom stereocenters. The van der Waals surface area contributed by atoms with Gasteiger partial charge in [0.2, 0.25) is 0 Å². The van der Waals surface area contributed by atoms with E-state index >= 15 is 0 Å². The van der Waals surface area contributed by atoms with Gasteiger partial charge in [-0.15, -0.1) is 0 Å². The highest BCUT2D eigenvalue weighted by Crippen LogP contribution is 2.23. The molecule has 0 saturated carbocycles. The van der Waals surface area contributed by atoms with Crippen LogP contribution in [0.1, 0.15) is 27.2 Å². The number of hydrogen-bond donors (Lipinski definition) is 1. The number of nitrogens with zero attached hydrogens (tertiary/aromatic N) is 2. The Bertz CT molecular complexity index is 957. The van der Waals surface area contributed by atoms with Gasteiger partial charge in [-0.2, -0.15) is 5.10 Å². The molecule has 3 rings (SSSR count). The summed E-state index contributed by atoms with van der Waals surface area (Å²) in [5.41, 5.74) is 7.17. The fourth-order valence-corrected chi connectivity index (χ4v) is 3.05. The lowest BCUT2D eigenvalue weighted by Crippen LogP contribution is -2.18. The van der Waals surface area contributed by atoms with Gasteiger partial charge >= 0.3 is 0 Å². The van der Waals surface area contributed by atoms with Gasteiger partial charge in [-0.05, 0) is 37.6 Å². The molecule has 0 saturated heterocycles. The van der Waals surface area contributed by atoms with Gasteiger partial charge in [0.25, 0.3) is 5.91 Å². The number of hydrogen-bond acceptors (Lipinski definition) is 2. The lowest BCUT2D eigenvalue weighted by atomic mass is 10.1. The number of para-hydroxylation sites is 1. The maximum Gasteiger partial charge on any atom is 0.272 e. The molecule has 0 atom stereocenters. The molecule has 24 heavy (non-hydrogen) atoms. The van der Waals surface area contributed by atoms with E-state index in [4.69, 9.17) is 11.6 Å². The van der Waals surface area contributed by atoms with Crippen molar-refractivity contribution >= 4 is 34.6 Å². The third kappa shape index (κ3) is 2.93. The Morgan fingerprint density at radius 2 is 1.96 bits per heavy atom. The van der Waals surface area contributed by atoms with Crippen molar-refractivity contribution in [3.05, 3.63) is 69.9 Å². The summed E-state index contributed by atoms with van der Waals surface area (Å²) in [6.45, 7) is 3.95. The number of fused-ring (bicyclic) bond motifs is 1. The van der Waals surface area contributed by atoms with Crippen molar-refractivity contribution in [1.29, 1.82) is 0 Å². The highest BCUT2D eigenvalue weighted by Gasteiger charge is 2.11. The molecule has 0 aliphatic rings. The van der Waals surface area contributed by atoms with Crippen molar-refractivity contribution in [2.45, 2.75) is 13.8 Å². The molecule has 1 heterocycles. The van der Waals surface area contributed by atoms with Gasteiger partial charge in [0.05, 0.1) is 16.8 Å². The summed E-state index contributed by atoms with van der Waals surface area (Å²) >= 11 is 6.11. The summed E-state index contributed by atoms with van der Waals surface area (Å²) in [5.74, 6) is -0.325. The van der Waals surface area contributed by atoms with Crippen LogP contribution in [0.25, 0.3) is 10.9 Å². The molecule has 0 bridgehead atoms. The van der Waals surface area contributed by atoms with Crippen molar-refractivity contribution < 1.29 is 4.79 Å². The van der Waals surface area contributed by atoms with Crippen LogP contribution < -0.4 is 5.43 Å². The van der Waals surface area contributed by atoms with Crippen LogP contribution in [0.5, 0.6) is 0 Å². The molecule has 4 nitrogen and oxygen atoms in total. The Balaban J connectivity index is 1.85. The van der Waals surface area contributed by atoms with Crippen molar-refractivity contribution in [1.82, 2.24) is 9.99 Å². The molecule has 0 spiro atoms. The second-order valence-electron chi connectivity index (χ2n) is 5.76. The number of amides is 1. The van der Waals surface area contributed by atoms with Crippen LogP contribution in [-0.4, -0.2) is 16.7 Å². The minimum absolute atomic E-state index is 0.325. The third-order valence-electron chi connectivity index (χ3n) is 4.18. The number of carbonyl (C=O) groups excluding carboxylic acids is 1. The van der Waals surface area contributed by atoms with E-state index in [1.165, 1.54) is 0 Å². The molecule has 122 valence electrons. The average Bonchev–Trinajstić information content (AvgIpc) is 2.80. The number of hydrazone groups is 1. The molecule has 3 aromatic rings. The van der Waals surface area contributed by atoms with E-state index in [1.807, 2.05) is 45.2 Å². The first-order chi connectivity index (χ1) is 11.5. The van der Waals surface area contributed by atoms with Crippen molar-refractivity contribution in [2.24, 2.45) is 12.1 Å². The Morgan fingerprint density at radius 3 is 2.71 bits per heavy atom. The molecule has 0 fully saturated rings. The smallest absolute Gasteiger partial charge is 0.272 e. The predicted molar refractivity (Wildman–Crippen MR) is 98.9 cm³/mol. The molecule has 0 aliphatic heterocycles. The number of halogens is 1. The van der Waals surface area contributed by atoms with Gasteiger partial charge in [-0.1, -0.05) is 35.9 Å². The van der Waals surface area contributed by atoms with E-state index in [2.05, 4.69) is 21.2 Å². The van der Waals surface area contributed by atoms with E-state index in [0.29, 0.717) is 10.6 Å². The van der Waals surface area contributed by atoms with Crippen LogP contribution in [0.4, 0.5) is 0 Å². The Labute approximate surface area is 145 Å². The molecular formula is C19H18ClN3O. The lowest BCUT2D eigenvalue weighted by Gasteiger charge is -2.03. The number of aromatic nitrogens is 1. The molecule has 1 aromatic heterocycles. The van der Waals surface area contributed by atoms with Gasteiger partial charge < -0.3 is 4.57 Å². The zero-order valence-corrected chi connectivity index (χ0v) is 14.6. The fraction of sp³-hybridized carbons (Fsp3) is 0.158. The predicted octanol–water partition coefficient (Wildman–Crippen LogP) is 4.21.